The minimum absolute atomic E-state index is 0.0281. The fourth-order valence-corrected chi connectivity index (χ4v) is 5.30. The molecule has 1 amide bonds. The molecule has 3 aromatic carbocycles. The van der Waals surface area contributed by atoms with Gasteiger partial charge in [-0.3, -0.25) is 4.79 Å². The molecule has 0 aromatic heterocycles. The van der Waals surface area contributed by atoms with Gasteiger partial charge in [0.15, 0.2) is 16.4 Å². The molecule has 1 fully saturated rings. The Balaban J connectivity index is 1.28. The van der Waals surface area contributed by atoms with Crippen molar-refractivity contribution < 1.29 is 23.9 Å². The fourth-order valence-electron chi connectivity index (χ4n) is 4.23. The van der Waals surface area contributed by atoms with Crippen LogP contribution < -0.4 is 19.5 Å². The first kappa shape index (κ1) is 23.7. The first-order valence-corrected chi connectivity index (χ1v) is 12.9. The first-order valence-electron chi connectivity index (χ1n) is 11.7. The van der Waals surface area contributed by atoms with Crippen molar-refractivity contribution in [3.8, 4) is 22.6 Å². The third-order valence-electron chi connectivity index (χ3n) is 6.62. The SMILES string of the molecule is CC[C@@H](CO)N[S+]([O-])c1ccc(-c2cccc(NC(=O)C3(c4ccc5c(c4)OCO5)CC3)c2)cc1. The van der Waals surface area contributed by atoms with E-state index in [1.807, 2.05) is 73.7 Å². The number of nitrogens with one attached hydrogen (secondary N) is 2. The zero-order valence-electron chi connectivity index (χ0n) is 19.5. The second-order valence-corrected chi connectivity index (χ2v) is 10.1. The summed E-state index contributed by atoms with van der Waals surface area (Å²) in [6.45, 7) is 2.08. The maximum Gasteiger partial charge on any atom is 0.235 e. The van der Waals surface area contributed by atoms with Gasteiger partial charge in [0.25, 0.3) is 0 Å². The molecule has 5 rings (SSSR count). The quantitative estimate of drug-likeness (QED) is 0.388. The molecule has 3 aromatic rings. The number of carbonyl (C=O) groups excluding carboxylic acids is 1. The van der Waals surface area contributed by atoms with Crippen LogP contribution in [0.25, 0.3) is 11.1 Å². The van der Waals surface area contributed by atoms with Gasteiger partial charge in [-0.2, -0.15) is 0 Å². The van der Waals surface area contributed by atoms with E-state index in [2.05, 4.69) is 10.0 Å². The monoisotopic (exact) mass is 492 g/mol. The van der Waals surface area contributed by atoms with E-state index in [-0.39, 0.29) is 25.3 Å². The number of aliphatic hydroxyl groups is 1. The number of anilines is 1. The number of rotatable bonds is 9. The highest BCUT2D eigenvalue weighted by molar-refractivity contribution is 7.89. The smallest absolute Gasteiger partial charge is 0.235 e. The minimum Gasteiger partial charge on any atom is -0.593 e. The third-order valence-corrected chi connectivity index (χ3v) is 7.87. The van der Waals surface area contributed by atoms with Crippen LogP contribution in [-0.4, -0.2) is 35.0 Å². The lowest BCUT2D eigenvalue weighted by atomic mass is 9.94. The fraction of sp³-hybridized carbons (Fsp3) is 0.296. The van der Waals surface area contributed by atoms with E-state index < -0.39 is 16.8 Å². The number of benzene rings is 3. The topological polar surface area (TPSA) is 103 Å². The van der Waals surface area contributed by atoms with Crippen molar-refractivity contribution in [1.82, 2.24) is 4.72 Å². The Morgan fingerprint density at radius 2 is 1.83 bits per heavy atom. The molecule has 3 N–H and O–H groups in total. The van der Waals surface area contributed by atoms with Crippen LogP contribution >= 0.6 is 0 Å². The van der Waals surface area contributed by atoms with Crippen molar-refractivity contribution in [3.05, 3.63) is 72.3 Å². The van der Waals surface area contributed by atoms with Crippen molar-refractivity contribution in [2.75, 3.05) is 18.7 Å². The summed E-state index contributed by atoms with van der Waals surface area (Å²) in [6, 6.07) is 20.7. The van der Waals surface area contributed by atoms with Crippen LogP contribution in [0.3, 0.4) is 0 Å². The van der Waals surface area contributed by atoms with E-state index in [1.165, 1.54) is 0 Å². The van der Waals surface area contributed by atoms with Gasteiger partial charge >= 0.3 is 0 Å². The van der Waals surface area contributed by atoms with Gasteiger partial charge in [0.2, 0.25) is 12.7 Å². The number of ether oxygens (including phenoxy) is 2. The summed E-state index contributed by atoms with van der Waals surface area (Å²) >= 11 is -1.40. The second kappa shape index (κ2) is 9.91. The number of carbonyl (C=O) groups is 1. The van der Waals surface area contributed by atoms with Crippen molar-refractivity contribution in [1.29, 1.82) is 0 Å². The van der Waals surface area contributed by atoms with Crippen molar-refractivity contribution in [2.45, 2.75) is 42.5 Å². The molecule has 1 saturated carbocycles. The van der Waals surface area contributed by atoms with Gasteiger partial charge in [0.1, 0.15) is 0 Å². The summed E-state index contributed by atoms with van der Waals surface area (Å²) in [4.78, 5) is 13.9. The molecule has 0 saturated heterocycles. The zero-order valence-corrected chi connectivity index (χ0v) is 20.3. The summed E-state index contributed by atoms with van der Waals surface area (Å²) in [6.07, 6.45) is 2.27. The predicted molar refractivity (Wildman–Crippen MR) is 135 cm³/mol. The average molecular weight is 493 g/mol. The highest BCUT2D eigenvalue weighted by Gasteiger charge is 2.51. The van der Waals surface area contributed by atoms with E-state index in [1.54, 1.807) is 0 Å². The van der Waals surface area contributed by atoms with Crippen LogP contribution in [0.1, 0.15) is 31.7 Å². The van der Waals surface area contributed by atoms with Crippen LogP contribution in [0.4, 0.5) is 5.69 Å². The first-order chi connectivity index (χ1) is 17.0. The number of amides is 1. The Labute approximate surface area is 207 Å². The maximum atomic E-state index is 13.3. The molecule has 0 spiro atoms. The lowest BCUT2D eigenvalue weighted by Crippen LogP contribution is -2.36. The number of fused-ring (bicyclic) bond motifs is 1. The molecule has 0 radical (unpaired) electrons. The number of hydrogen-bond donors (Lipinski definition) is 3. The van der Waals surface area contributed by atoms with Gasteiger partial charge in [0, 0.05) is 5.69 Å². The molecule has 1 heterocycles. The Morgan fingerprint density at radius 3 is 2.54 bits per heavy atom. The molecule has 8 heteroatoms. The van der Waals surface area contributed by atoms with Crippen LogP contribution in [0.2, 0.25) is 0 Å². The summed E-state index contributed by atoms with van der Waals surface area (Å²) in [7, 11) is 0. The van der Waals surface area contributed by atoms with Crippen LogP contribution in [0.15, 0.2) is 71.6 Å². The van der Waals surface area contributed by atoms with E-state index in [0.29, 0.717) is 22.8 Å². The summed E-state index contributed by atoms with van der Waals surface area (Å²) < 4.78 is 26.3. The van der Waals surface area contributed by atoms with Crippen LogP contribution in [-0.2, 0) is 21.6 Å². The maximum absolute atomic E-state index is 13.3. The van der Waals surface area contributed by atoms with E-state index >= 15 is 0 Å². The molecule has 0 bridgehead atoms. The van der Waals surface area contributed by atoms with E-state index in [0.717, 1.165) is 35.2 Å². The van der Waals surface area contributed by atoms with Gasteiger partial charge in [-0.15, -0.1) is 4.72 Å². The summed E-state index contributed by atoms with van der Waals surface area (Å²) in [5, 5.41) is 12.4. The Kier molecular flexibility index (Phi) is 6.71. The largest absolute Gasteiger partial charge is 0.593 e. The second-order valence-electron chi connectivity index (χ2n) is 8.88. The lowest BCUT2D eigenvalue weighted by molar-refractivity contribution is -0.118. The minimum atomic E-state index is -1.40. The molecule has 182 valence electrons. The summed E-state index contributed by atoms with van der Waals surface area (Å²) in [5.41, 5.74) is 3.03. The molecule has 1 aliphatic heterocycles. The number of aliphatic hydroxyl groups excluding tert-OH is 1. The van der Waals surface area contributed by atoms with Crippen molar-refractivity contribution in [3.63, 3.8) is 0 Å². The Bertz CT molecular complexity index is 1210. The van der Waals surface area contributed by atoms with Gasteiger partial charge in [-0.25, -0.2) is 0 Å². The van der Waals surface area contributed by atoms with E-state index in [4.69, 9.17) is 9.47 Å². The molecule has 1 unspecified atom stereocenters. The summed E-state index contributed by atoms with van der Waals surface area (Å²) in [5.74, 6) is 1.37. The standard InChI is InChI=1S/C27H28N2O5S/c1-2-21(16-30)29-35(32)23-9-6-18(7-10-23)19-4-3-5-22(14-19)28-26(31)27(12-13-27)20-8-11-24-25(15-20)34-17-33-24/h3-11,14-15,21,29-30H,2,12-13,16-17H2,1H3,(H,28,31)/t21-,35?/m0/s1. The average Bonchev–Trinajstić information content (AvgIpc) is 3.58. The van der Waals surface area contributed by atoms with Crippen molar-refractivity contribution >= 4 is 23.0 Å². The van der Waals surface area contributed by atoms with Crippen LogP contribution in [0, 0.1) is 0 Å². The molecular weight excluding hydrogens is 464 g/mol. The van der Waals surface area contributed by atoms with Gasteiger partial charge in [-0.05, 0) is 84.5 Å². The Hall–Kier alpha value is -3.04. The lowest BCUT2D eigenvalue weighted by Gasteiger charge is -2.17. The Morgan fingerprint density at radius 1 is 1.06 bits per heavy atom. The zero-order chi connectivity index (χ0) is 24.4. The normalized spacial score (nSPS) is 17.0. The highest BCUT2D eigenvalue weighted by atomic mass is 32.2. The highest BCUT2D eigenvalue weighted by Crippen LogP contribution is 2.51. The van der Waals surface area contributed by atoms with Crippen molar-refractivity contribution in [2.24, 2.45) is 0 Å². The van der Waals surface area contributed by atoms with Gasteiger partial charge < -0.3 is 24.4 Å². The van der Waals surface area contributed by atoms with Gasteiger partial charge in [-0.1, -0.05) is 25.1 Å². The molecule has 1 aliphatic carbocycles. The molecule has 2 atom stereocenters. The third kappa shape index (κ3) is 4.88. The molecule has 35 heavy (non-hydrogen) atoms. The number of hydrogen-bond acceptors (Lipinski definition) is 6. The van der Waals surface area contributed by atoms with Crippen LogP contribution in [0.5, 0.6) is 11.5 Å². The molecule has 7 nitrogen and oxygen atoms in total. The van der Waals surface area contributed by atoms with E-state index in [9.17, 15) is 14.5 Å². The molecular formula is C27H28N2O5S. The molecule has 2 aliphatic rings. The van der Waals surface area contributed by atoms with Gasteiger partial charge in [0.05, 0.1) is 29.4 Å². The predicted octanol–water partition coefficient (Wildman–Crippen LogP) is 4.14.